The summed E-state index contributed by atoms with van der Waals surface area (Å²) in [6, 6.07) is 0. The molecule has 0 bridgehead atoms. The zero-order valence-corrected chi connectivity index (χ0v) is 47.0. The van der Waals surface area contributed by atoms with Gasteiger partial charge in [-0.1, -0.05) is 211 Å². The molecule has 1 heterocycles. The van der Waals surface area contributed by atoms with Crippen molar-refractivity contribution in [2.24, 2.45) is 0 Å². The fourth-order valence-electron chi connectivity index (χ4n) is 9.06. The van der Waals surface area contributed by atoms with E-state index in [1.807, 2.05) is 0 Å². The number of allylic oxidation sites excluding steroid dienone is 6. The molecule has 72 heavy (non-hydrogen) atoms. The van der Waals surface area contributed by atoms with E-state index in [9.17, 15) is 19.5 Å². The van der Waals surface area contributed by atoms with E-state index in [1.54, 1.807) is 0 Å². The molecule has 10 heteroatoms. The van der Waals surface area contributed by atoms with Gasteiger partial charge in [-0.25, -0.2) is 0 Å². The van der Waals surface area contributed by atoms with Crippen LogP contribution in [0.1, 0.15) is 290 Å². The quantitative estimate of drug-likeness (QED) is 0.0233. The van der Waals surface area contributed by atoms with Crippen LogP contribution >= 0.6 is 0 Å². The number of carbonyl (C=O) groups is 3. The molecule has 0 aromatic heterocycles. The number of aliphatic hydroxyl groups excluding tert-OH is 3. The fourth-order valence-corrected chi connectivity index (χ4v) is 9.06. The lowest BCUT2D eigenvalue weighted by molar-refractivity contribution is -0.175. The van der Waals surface area contributed by atoms with Crippen LogP contribution < -0.4 is 0 Å². The first-order valence-electron chi connectivity index (χ1n) is 30.4. The minimum absolute atomic E-state index is 0.0103. The molecule has 1 aliphatic heterocycles. The molecule has 0 spiro atoms. The van der Waals surface area contributed by atoms with Gasteiger partial charge in [0.2, 0.25) is 0 Å². The van der Waals surface area contributed by atoms with Crippen molar-refractivity contribution < 1.29 is 48.7 Å². The maximum atomic E-state index is 13.2. The number of hydrogen-bond acceptors (Lipinski definition) is 10. The SMILES string of the molecule is CCCCCCCC/C=C/CCCCCCCC(=O)O[C@H]1[C@@H]([C@@H](CO)OC(=O)CCCCCCC/C=C/CCCCCCCC)OC[C@@H]1OC(=O)CCCCCCC/C=C/CCCCCCCC.OCCO. The lowest BCUT2D eigenvalue weighted by Crippen LogP contribution is -2.46. The highest BCUT2D eigenvalue weighted by Crippen LogP contribution is 2.27. The molecule has 3 N–H and O–H groups in total. The first-order valence-corrected chi connectivity index (χ1v) is 30.4. The van der Waals surface area contributed by atoms with Crippen molar-refractivity contribution in [2.75, 3.05) is 26.4 Å². The minimum atomic E-state index is -1.03. The van der Waals surface area contributed by atoms with E-state index in [2.05, 4.69) is 57.2 Å². The van der Waals surface area contributed by atoms with Gasteiger partial charge in [-0.05, 0) is 96.3 Å². The van der Waals surface area contributed by atoms with Gasteiger partial charge in [0, 0.05) is 19.3 Å². The molecule has 0 radical (unpaired) electrons. The van der Waals surface area contributed by atoms with Crippen LogP contribution in [-0.2, 0) is 33.3 Å². The predicted octanol–water partition coefficient (Wildman–Crippen LogP) is 16.2. The molecule has 1 rings (SSSR count). The Kier molecular flexibility index (Phi) is 54.2. The van der Waals surface area contributed by atoms with Crippen molar-refractivity contribution in [2.45, 2.75) is 315 Å². The van der Waals surface area contributed by atoms with Crippen LogP contribution in [0.4, 0.5) is 0 Å². The van der Waals surface area contributed by atoms with Crippen molar-refractivity contribution >= 4 is 17.9 Å². The molecule has 10 nitrogen and oxygen atoms in total. The van der Waals surface area contributed by atoms with Crippen molar-refractivity contribution in [3.05, 3.63) is 36.5 Å². The van der Waals surface area contributed by atoms with Crippen molar-refractivity contribution in [1.29, 1.82) is 0 Å². The Balaban J connectivity index is 0.0000121. The standard InChI is InChI=1S/C60H108O8.C2H6O2/c1-4-7-10-13-16-19-22-25-28-31-34-37-40-43-46-49-56(62)66-54(52-61)59-60(68-58(64)51-48-45-42-39-36-33-30-27-24-21-18-15-12-9-6-3)55(53-65-59)67-57(63)50-47-44-41-38-35-32-29-26-23-20-17-14-11-8-5-2;3-1-2-4/h25-30,54-55,59-61H,4-24,31-53H2,1-3H3;3-4H,1-2H2/b28-25+,29-26+,30-27+;/t54-,55+,59-,60-;/m1./s1. The van der Waals surface area contributed by atoms with Crippen molar-refractivity contribution in [3.63, 3.8) is 0 Å². The second-order valence-corrected chi connectivity index (χ2v) is 20.4. The van der Waals surface area contributed by atoms with Gasteiger partial charge in [0.1, 0.15) is 6.10 Å². The maximum absolute atomic E-state index is 13.2. The summed E-state index contributed by atoms with van der Waals surface area (Å²) < 4.78 is 23.6. The van der Waals surface area contributed by atoms with E-state index in [1.165, 1.54) is 135 Å². The molecule has 0 aromatic rings. The van der Waals surface area contributed by atoms with Gasteiger partial charge in [0.25, 0.3) is 0 Å². The van der Waals surface area contributed by atoms with Gasteiger partial charge in [0.15, 0.2) is 18.3 Å². The van der Waals surface area contributed by atoms with Gasteiger partial charge >= 0.3 is 17.9 Å². The summed E-state index contributed by atoms with van der Waals surface area (Å²) in [7, 11) is 0. The summed E-state index contributed by atoms with van der Waals surface area (Å²) in [5, 5.41) is 25.6. The molecule has 4 atom stereocenters. The first kappa shape index (κ1) is 69.5. The van der Waals surface area contributed by atoms with Crippen LogP contribution in [0.15, 0.2) is 36.5 Å². The Bertz CT molecular complexity index is 1260. The molecule has 0 amide bonds. The van der Waals surface area contributed by atoms with E-state index in [4.69, 9.17) is 29.2 Å². The number of carbonyl (C=O) groups excluding carboxylic acids is 3. The van der Waals surface area contributed by atoms with Crippen LogP contribution in [0.2, 0.25) is 0 Å². The molecule has 0 unspecified atom stereocenters. The Morgan fingerprint density at radius 1 is 0.417 bits per heavy atom. The van der Waals surface area contributed by atoms with E-state index in [0.29, 0.717) is 12.8 Å². The molecular formula is C62H114O10. The lowest BCUT2D eigenvalue weighted by Gasteiger charge is -2.28. The predicted molar refractivity (Wildman–Crippen MR) is 299 cm³/mol. The molecule has 0 aromatic carbocycles. The van der Waals surface area contributed by atoms with E-state index in [-0.39, 0.29) is 45.1 Å². The van der Waals surface area contributed by atoms with Crippen LogP contribution in [-0.4, -0.2) is 84.1 Å². The van der Waals surface area contributed by atoms with Crippen LogP contribution in [0.25, 0.3) is 0 Å². The minimum Gasteiger partial charge on any atom is -0.457 e. The van der Waals surface area contributed by atoms with E-state index < -0.39 is 43.0 Å². The van der Waals surface area contributed by atoms with E-state index >= 15 is 0 Å². The van der Waals surface area contributed by atoms with Crippen molar-refractivity contribution in [3.8, 4) is 0 Å². The number of unbranched alkanes of at least 4 members (excludes halogenated alkanes) is 33. The maximum Gasteiger partial charge on any atom is 0.306 e. The molecule has 0 aliphatic carbocycles. The topological polar surface area (TPSA) is 149 Å². The normalized spacial score (nSPS) is 16.2. The second-order valence-electron chi connectivity index (χ2n) is 20.4. The number of aliphatic hydroxyl groups is 3. The third kappa shape index (κ3) is 46.0. The van der Waals surface area contributed by atoms with E-state index in [0.717, 1.165) is 103 Å². The van der Waals surface area contributed by atoms with Crippen LogP contribution in [0.3, 0.4) is 0 Å². The lowest BCUT2D eigenvalue weighted by atomic mass is 10.1. The summed E-state index contributed by atoms with van der Waals surface area (Å²) >= 11 is 0. The number of hydrogen-bond donors (Lipinski definition) is 3. The monoisotopic (exact) mass is 1020 g/mol. The van der Waals surface area contributed by atoms with Crippen LogP contribution in [0.5, 0.6) is 0 Å². The Morgan fingerprint density at radius 2 is 0.708 bits per heavy atom. The third-order valence-corrected chi connectivity index (χ3v) is 13.6. The largest absolute Gasteiger partial charge is 0.457 e. The average molecular weight is 1020 g/mol. The Hall–Kier alpha value is -2.53. The van der Waals surface area contributed by atoms with Gasteiger partial charge in [0.05, 0.1) is 26.4 Å². The smallest absolute Gasteiger partial charge is 0.306 e. The highest BCUT2D eigenvalue weighted by atomic mass is 16.6. The van der Waals surface area contributed by atoms with Gasteiger partial charge in [-0.15, -0.1) is 0 Å². The molecule has 1 saturated heterocycles. The molecule has 1 aliphatic rings. The zero-order valence-electron chi connectivity index (χ0n) is 47.0. The number of rotatable bonds is 51. The molecular weight excluding hydrogens is 905 g/mol. The average Bonchev–Trinajstić information content (AvgIpc) is 3.76. The molecule has 0 saturated carbocycles. The van der Waals surface area contributed by atoms with Crippen LogP contribution in [0, 0.1) is 0 Å². The van der Waals surface area contributed by atoms with Gasteiger partial charge < -0.3 is 34.3 Å². The highest BCUT2D eigenvalue weighted by molar-refractivity contribution is 5.71. The highest BCUT2D eigenvalue weighted by Gasteiger charge is 2.47. The Labute approximate surface area is 442 Å². The molecule has 1 fully saturated rings. The summed E-state index contributed by atoms with van der Waals surface area (Å²) in [4.78, 5) is 39.3. The van der Waals surface area contributed by atoms with Gasteiger partial charge in [-0.3, -0.25) is 14.4 Å². The summed E-state index contributed by atoms with van der Waals surface area (Å²) in [5.74, 6) is -1.15. The second kappa shape index (κ2) is 56.2. The first-order chi connectivity index (χ1) is 35.4. The third-order valence-electron chi connectivity index (χ3n) is 13.6. The summed E-state index contributed by atoms with van der Waals surface area (Å²) in [6.07, 6.45) is 56.9. The zero-order chi connectivity index (χ0) is 52.6. The Morgan fingerprint density at radius 3 is 1.03 bits per heavy atom. The van der Waals surface area contributed by atoms with Crippen molar-refractivity contribution in [1.82, 2.24) is 0 Å². The summed E-state index contributed by atoms with van der Waals surface area (Å²) in [5.41, 5.74) is 0. The summed E-state index contributed by atoms with van der Waals surface area (Å²) in [6.45, 7) is 6.05. The number of ether oxygens (including phenoxy) is 4. The fraction of sp³-hybridized carbons (Fsp3) is 0.855. The number of esters is 3. The molecule has 422 valence electrons. The van der Waals surface area contributed by atoms with Gasteiger partial charge in [-0.2, -0.15) is 0 Å².